The van der Waals surface area contributed by atoms with Crippen LogP contribution in [-0.4, -0.2) is 36.9 Å². The van der Waals surface area contributed by atoms with Gasteiger partial charge in [-0.2, -0.15) is 13.2 Å². The fourth-order valence-electron chi connectivity index (χ4n) is 1.89. The van der Waals surface area contributed by atoms with E-state index in [1.165, 1.54) is 11.3 Å². The lowest BCUT2D eigenvalue weighted by atomic mass is 10.1. The Morgan fingerprint density at radius 2 is 2.00 bits per heavy atom. The lowest BCUT2D eigenvalue weighted by Crippen LogP contribution is -2.39. The van der Waals surface area contributed by atoms with Crippen molar-refractivity contribution in [2.75, 3.05) is 19.6 Å². The Kier molecular flexibility index (Phi) is 10.9. The predicted molar refractivity (Wildman–Crippen MR) is 103 cm³/mol. The van der Waals surface area contributed by atoms with E-state index in [2.05, 4.69) is 15.6 Å². The van der Waals surface area contributed by atoms with E-state index < -0.39 is 18.2 Å². The van der Waals surface area contributed by atoms with Gasteiger partial charge in [0, 0.05) is 24.4 Å². The molecule has 0 aliphatic heterocycles. The molecule has 0 bridgehead atoms. The molecule has 24 heavy (non-hydrogen) atoms. The SMILES string of the molecule is CCNC(=NCC(C)(O)c1cccs1)NCCCCC(F)(F)F.I. The molecular formula is C15H25F3IN3OS. The van der Waals surface area contributed by atoms with E-state index in [1.54, 1.807) is 6.92 Å². The first kappa shape index (κ1) is 23.4. The van der Waals surface area contributed by atoms with Crippen molar-refractivity contribution in [2.24, 2.45) is 4.99 Å². The van der Waals surface area contributed by atoms with Gasteiger partial charge in [0.05, 0.1) is 6.54 Å². The summed E-state index contributed by atoms with van der Waals surface area (Å²) in [6.45, 7) is 4.80. The summed E-state index contributed by atoms with van der Waals surface area (Å²) in [5.74, 6) is 0.497. The van der Waals surface area contributed by atoms with Gasteiger partial charge in [-0.25, -0.2) is 4.99 Å². The first-order valence-corrected chi connectivity index (χ1v) is 8.48. The highest BCUT2D eigenvalue weighted by atomic mass is 127. The summed E-state index contributed by atoms with van der Waals surface area (Å²) in [5, 5.41) is 18.3. The Morgan fingerprint density at radius 1 is 1.29 bits per heavy atom. The minimum Gasteiger partial charge on any atom is -0.383 e. The molecule has 0 radical (unpaired) electrons. The molecule has 1 aromatic rings. The van der Waals surface area contributed by atoms with Gasteiger partial charge in [0.15, 0.2) is 5.96 Å². The third kappa shape index (κ3) is 9.67. The van der Waals surface area contributed by atoms with Gasteiger partial charge >= 0.3 is 6.18 Å². The molecule has 140 valence electrons. The summed E-state index contributed by atoms with van der Waals surface area (Å²) in [5.41, 5.74) is -1.06. The lowest BCUT2D eigenvalue weighted by molar-refractivity contribution is -0.135. The van der Waals surface area contributed by atoms with E-state index in [-0.39, 0.29) is 36.9 Å². The van der Waals surface area contributed by atoms with Crippen LogP contribution in [0.5, 0.6) is 0 Å². The summed E-state index contributed by atoms with van der Waals surface area (Å²) < 4.78 is 36.2. The average Bonchev–Trinajstić information content (AvgIpc) is 2.98. The molecule has 9 heteroatoms. The highest BCUT2D eigenvalue weighted by Crippen LogP contribution is 2.25. The van der Waals surface area contributed by atoms with Crippen molar-refractivity contribution < 1.29 is 18.3 Å². The summed E-state index contributed by atoms with van der Waals surface area (Å²) in [7, 11) is 0. The van der Waals surface area contributed by atoms with Crippen molar-refractivity contribution in [3.8, 4) is 0 Å². The number of aliphatic hydroxyl groups is 1. The van der Waals surface area contributed by atoms with E-state index in [0.29, 0.717) is 25.5 Å². The van der Waals surface area contributed by atoms with Crippen LogP contribution in [0.2, 0.25) is 0 Å². The number of thiophene rings is 1. The monoisotopic (exact) mass is 479 g/mol. The average molecular weight is 479 g/mol. The third-order valence-corrected chi connectivity index (χ3v) is 4.24. The van der Waals surface area contributed by atoms with Gasteiger partial charge in [-0.05, 0) is 38.1 Å². The fraction of sp³-hybridized carbons (Fsp3) is 0.667. The number of hydrogen-bond acceptors (Lipinski definition) is 3. The van der Waals surface area contributed by atoms with E-state index >= 15 is 0 Å². The van der Waals surface area contributed by atoms with Gasteiger partial charge in [-0.3, -0.25) is 0 Å². The van der Waals surface area contributed by atoms with Crippen LogP contribution in [0.4, 0.5) is 13.2 Å². The van der Waals surface area contributed by atoms with Crippen molar-refractivity contribution in [1.82, 2.24) is 10.6 Å². The van der Waals surface area contributed by atoms with Crippen molar-refractivity contribution in [3.63, 3.8) is 0 Å². The molecule has 1 unspecified atom stereocenters. The van der Waals surface area contributed by atoms with E-state index in [1.807, 2.05) is 24.4 Å². The summed E-state index contributed by atoms with van der Waals surface area (Å²) >= 11 is 1.46. The van der Waals surface area contributed by atoms with Crippen LogP contribution in [0.3, 0.4) is 0 Å². The minimum absolute atomic E-state index is 0. The number of rotatable bonds is 8. The smallest absolute Gasteiger partial charge is 0.383 e. The molecule has 0 aromatic carbocycles. The van der Waals surface area contributed by atoms with Crippen molar-refractivity contribution >= 4 is 41.3 Å². The topological polar surface area (TPSA) is 56.7 Å². The molecule has 0 spiro atoms. The number of guanidine groups is 1. The van der Waals surface area contributed by atoms with E-state index in [0.717, 1.165) is 4.88 Å². The second kappa shape index (κ2) is 11.1. The van der Waals surface area contributed by atoms with Gasteiger partial charge in [-0.1, -0.05) is 6.07 Å². The van der Waals surface area contributed by atoms with Crippen LogP contribution in [0, 0.1) is 0 Å². The van der Waals surface area contributed by atoms with Crippen LogP contribution in [0.15, 0.2) is 22.5 Å². The Hall–Kier alpha value is -0.550. The standard InChI is InChI=1S/C15H24F3N3OS.HI/c1-3-19-13(20-9-5-4-8-15(16,17)18)21-11-14(2,22)12-7-6-10-23-12;/h6-7,10,22H,3-5,8-9,11H2,1-2H3,(H2,19,20,21);1H. The maximum absolute atomic E-state index is 12.1. The zero-order chi connectivity index (χ0) is 17.3. The quantitative estimate of drug-likeness (QED) is 0.230. The molecule has 1 aromatic heterocycles. The number of halogens is 4. The Balaban J connectivity index is 0.00000529. The van der Waals surface area contributed by atoms with Gasteiger partial charge in [0.1, 0.15) is 5.60 Å². The van der Waals surface area contributed by atoms with Crippen LogP contribution in [0.25, 0.3) is 0 Å². The highest BCUT2D eigenvalue weighted by Gasteiger charge is 2.26. The number of aliphatic imine (C=N–C) groups is 1. The van der Waals surface area contributed by atoms with Crippen LogP contribution >= 0.6 is 35.3 Å². The minimum atomic E-state index is -4.10. The third-order valence-electron chi connectivity index (χ3n) is 3.12. The number of nitrogens with zero attached hydrogens (tertiary/aromatic N) is 1. The normalized spacial score (nSPS) is 14.7. The van der Waals surface area contributed by atoms with Crippen molar-refractivity contribution in [3.05, 3.63) is 22.4 Å². The Morgan fingerprint density at radius 3 is 2.54 bits per heavy atom. The Bertz CT molecular complexity index is 479. The van der Waals surface area contributed by atoms with Crippen LogP contribution in [0.1, 0.15) is 38.0 Å². The van der Waals surface area contributed by atoms with Crippen LogP contribution < -0.4 is 10.6 Å². The van der Waals surface area contributed by atoms with Crippen molar-refractivity contribution in [1.29, 1.82) is 0 Å². The Labute approximate surface area is 162 Å². The molecule has 0 saturated heterocycles. The lowest BCUT2D eigenvalue weighted by Gasteiger charge is -2.20. The molecule has 1 atom stereocenters. The second-order valence-corrected chi connectivity index (χ2v) is 6.39. The van der Waals surface area contributed by atoms with Gasteiger partial charge in [-0.15, -0.1) is 35.3 Å². The summed E-state index contributed by atoms with van der Waals surface area (Å²) in [4.78, 5) is 5.14. The molecule has 0 aliphatic rings. The molecule has 0 aliphatic carbocycles. The molecule has 1 heterocycles. The van der Waals surface area contributed by atoms with Crippen molar-refractivity contribution in [2.45, 2.75) is 44.9 Å². The van der Waals surface area contributed by atoms with Gasteiger partial charge in [0.2, 0.25) is 0 Å². The van der Waals surface area contributed by atoms with E-state index in [4.69, 9.17) is 0 Å². The second-order valence-electron chi connectivity index (χ2n) is 5.45. The molecule has 1 rings (SSSR count). The zero-order valence-electron chi connectivity index (χ0n) is 13.8. The number of alkyl halides is 3. The molecule has 0 saturated carbocycles. The summed E-state index contributed by atoms with van der Waals surface area (Å²) in [6.07, 6.45) is -4.37. The molecule has 0 fully saturated rings. The molecule has 4 nitrogen and oxygen atoms in total. The number of nitrogens with one attached hydrogen (secondary N) is 2. The first-order chi connectivity index (χ1) is 10.7. The fourth-order valence-corrected chi connectivity index (χ4v) is 2.67. The number of unbranched alkanes of at least 4 members (excludes halogenated alkanes) is 1. The summed E-state index contributed by atoms with van der Waals surface area (Å²) in [6, 6.07) is 3.71. The van der Waals surface area contributed by atoms with Crippen LogP contribution in [-0.2, 0) is 5.60 Å². The first-order valence-electron chi connectivity index (χ1n) is 7.60. The maximum Gasteiger partial charge on any atom is 0.389 e. The highest BCUT2D eigenvalue weighted by molar-refractivity contribution is 14.0. The molecular weight excluding hydrogens is 454 g/mol. The van der Waals surface area contributed by atoms with E-state index in [9.17, 15) is 18.3 Å². The molecule has 0 amide bonds. The largest absolute Gasteiger partial charge is 0.389 e. The van der Waals surface area contributed by atoms with Gasteiger partial charge < -0.3 is 15.7 Å². The number of hydrogen-bond donors (Lipinski definition) is 3. The van der Waals surface area contributed by atoms with Gasteiger partial charge in [0.25, 0.3) is 0 Å². The molecule has 3 N–H and O–H groups in total. The predicted octanol–water partition coefficient (Wildman–Crippen LogP) is 3.86. The zero-order valence-corrected chi connectivity index (χ0v) is 17.0. The maximum atomic E-state index is 12.1.